The minimum absolute atomic E-state index is 0.0259. The zero-order valence-electron chi connectivity index (χ0n) is 9.52. The van der Waals surface area contributed by atoms with Crippen molar-refractivity contribution in [1.29, 1.82) is 0 Å². The number of halogens is 3. The van der Waals surface area contributed by atoms with Crippen LogP contribution in [0.2, 0.25) is 0 Å². The first-order valence-corrected chi connectivity index (χ1v) is 5.26. The van der Waals surface area contributed by atoms with Crippen molar-refractivity contribution < 1.29 is 23.1 Å². The van der Waals surface area contributed by atoms with Crippen molar-refractivity contribution in [3.8, 4) is 0 Å². The third-order valence-corrected chi connectivity index (χ3v) is 2.37. The highest BCUT2D eigenvalue weighted by atomic mass is 19.4. The van der Waals surface area contributed by atoms with Crippen LogP contribution >= 0.6 is 0 Å². The number of aliphatic carboxylic acids is 1. The summed E-state index contributed by atoms with van der Waals surface area (Å²) in [5.41, 5.74) is -1.26. The molecule has 0 spiro atoms. The summed E-state index contributed by atoms with van der Waals surface area (Å²) in [7, 11) is 0. The Morgan fingerprint density at radius 3 is 2.25 bits per heavy atom. The molecule has 2 N–H and O–H groups in total. The number of alkyl halides is 3. The first-order valence-electron chi connectivity index (χ1n) is 5.26. The zero-order valence-corrected chi connectivity index (χ0v) is 9.52. The van der Waals surface area contributed by atoms with Gasteiger partial charge in [0.15, 0.2) is 0 Å². The molecular weight excluding hydrogens is 223 g/mol. The van der Waals surface area contributed by atoms with Gasteiger partial charge in [-0.3, -0.25) is 4.79 Å². The molecule has 0 aliphatic rings. The van der Waals surface area contributed by atoms with Crippen LogP contribution in [0.15, 0.2) is 0 Å². The molecule has 0 rings (SSSR count). The summed E-state index contributed by atoms with van der Waals surface area (Å²) < 4.78 is 35.7. The lowest BCUT2D eigenvalue weighted by Gasteiger charge is -2.26. The second-order valence-corrected chi connectivity index (χ2v) is 4.03. The van der Waals surface area contributed by atoms with Gasteiger partial charge in [0.2, 0.25) is 0 Å². The normalized spacial score (nSPS) is 15.8. The second-order valence-electron chi connectivity index (χ2n) is 4.03. The Morgan fingerprint density at radius 2 is 1.88 bits per heavy atom. The number of carboxylic acids is 1. The molecule has 0 aromatic carbocycles. The first-order chi connectivity index (χ1) is 7.21. The van der Waals surface area contributed by atoms with Crippen LogP contribution in [-0.2, 0) is 4.79 Å². The minimum Gasteiger partial charge on any atom is -0.480 e. The molecule has 1 atom stereocenters. The SMILES string of the molecule is CCCNC(C)(CCCC(F)(F)F)C(=O)O. The van der Waals surface area contributed by atoms with Crippen molar-refractivity contribution >= 4 is 5.97 Å². The third-order valence-electron chi connectivity index (χ3n) is 2.37. The van der Waals surface area contributed by atoms with Crippen LogP contribution in [0.5, 0.6) is 0 Å². The van der Waals surface area contributed by atoms with Gasteiger partial charge in [-0.05, 0) is 32.7 Å². The fourth-order valence-corrected chi connectivity index (χ4v) is 1.31. The molecule has 0 aromatic heterocycles. The van der Waals surface area contributed by atoms with E-state index in [0.29, 0.717) is 6.54 Å². The van der Waals surface area contributed by atoms with E-state index in [4.69, 9.17) is 5.11 Å². The standard InChI is InChI=1S/C10H18F3NO2/c1-3-7-14-9(2,8(15)16)5-4-6-10(11,12)13/h14H,3-7H2,1-2H3,(H,15,16). The molecule has 0 heterocycles. The van der Waals surface area contributed by atoms with E-state index in [2.05, 4.69) is 5.32 Å². The Labute approximate surface area is 93.0 Å². The molecular formula is C10H18F3NO2. The van der Waals surface area contributed by atoms with E-state index in [1.165, 1.54) is 6.92 Å². The van der Waals surface area contributed by atoms with E-state index in [1.54, 1.807) is 0 Å². The van der Waals surface area contributed by atoms with Crippen LogP contribution in [0.4, 0.5) is 13.2 Å². The smallest absolute Gasteiger partial charge is 0.389 e. The van der Waals surface area contributed by atoms with Gasteiger partial charge in [0.1, 0.15) is 5.54 Å². The van der Waals surface area contributed by atoms with Crippen LogP contribution < -0.4 is 5.32 Å². The Morgan fingerprint density at radius 1 is 1.31 bits per heavy atom. The maximum Gasteiger partial charge on any atom is 0.389 e. The monoisotopic (exact) mass is 241 g/mol. The summed E-state index contributed by atoms with van der Waals surface area (Å²) in [6.07, 6.45) is -4.62. The molecule has 0 radical (unpaired) electrons. The molecule has 0 aliphatic carbocycles. The quantitative estimate of drug-likeness (QED) is 0.720. The molecule has 0 aromatic rings. The molecule has 0 bridgehead atoms. The lowest BCUT2D eigenvalue weighted by molar-refractivity contribution is -0.147. The van der Waals surface area contributed by atoms with Crippen LogP contribution in [0.1, 0.15) is 39.5 Å². The van der Waals surface area contributed by atoms with E-state index in [0.717, 1.165) is 6.42 Å². The molecule has 3 nitrogen and oxygen atoms in total. The number of hydrogen-bond acceptors (Lipinski definition) is 2. The number of carboxylic acid groups (broad SMARTS) is 1. The Kier molecular flexibility index (Phi) is 5.78. The second kappa shape index (κ2) is 6.08. The topological polar surface area (TPSA) is 49.3 Å². The molecule has 0 saturated heterocycles. The molecule has 16 heavy (non-hydrogen) atoms. The van der Waals surface area contributed by atoms with E-state index in [1.807, 2.05) is 6.92 Å². The largest absolute Gasteiger partial charge is 0.480 e. The number of hydrogen-bond donors (Lipinski definition) is 2. The summed E-state index contributed by atoms with van der Waals surface area (Å²) in [4.78, 5) is 10.9. The van der Waals surface area contributed by atoms with Crippen molar-refractivity contribution in [3.63, 3.8) is 0 Å². The van der Waals surface area contributed by atoms with Crippen molar-refractivity contribution in [1.82, 2.24) is 5.32 Å². The number of carbonyl (C=O) groups is 1. The van der Waals surface area contributed by atoms with Gasteiger partial charge < -0.3 is 10.4 Å². The average molecular weight is 241 g/mol. The summed E-state index contributed by atoms with van der Waals surface area (Å²) in [6.45, 7) is 3.77. The summed E-state index contributed by atoms with van der Waals surface area (Å²) in [5.74, 6) is -1.11. The Hall–Kier alpha value is -0.780. The molecule has 1 unspecified atom stereocenters. The lowest BCUT2D eigenvalue weighted by atomic mass is 9.94. The van der Waals surface area contributed by atoms with Gasteiger partial charge in [0, 0.05) is 6.42 Å². The molecule has 0 fully saturated rings. The molecule has 0 aliphatic heterocycles. The van der Waals surface area contributed by atoms with E-state index >= 15 is 0 Å². The van der Waals surface area contributed by atoms with Crippen molar-refractivity contribution in [3.05, 3.63) is 0 Å². The zero-order chi connectivity index (χ0) is 12.8. The highest BCUT2D eigenvalue weighted by molar-refractivity contribution is 5.78. The predicted octanol–water partition coefficient (Wildman–Crippen LogP) is 2.56. The van der Waals surface area contributed by atoms with Crippen LogP contribution in [0.3, 0.4) is 0 Å². The van der Waals surface area contributed by atoms with Crippen LogP contribution in [0.25, 0.3) is 0 Å². The molecule has 96 valence electrons. The maximum absolute atomic E-state index is 11.9. The van der Waals surface area contributed by atoms with Crippen molar-refractivity contribution in [2.45, 2.75) is 51.2 Å². The minimum atomic E-state index is -4.22. The predicted molar refractivity (Wildman–Crippen MR) is 54.2 cm³/mol. The Balaban J connectivity index is 4.18. The maximum atomic E-state index is 11.9. The van der Waals surface area contributed by atoms with Crippen LogP contribution in [-0.4, -0.2) is 29.3 Å². The van der Waals surface area contributed by atoms with Gasteiger partial charge in [0.25, 0.3) is 0 Å². The van der Waals surface area contributed by atoms with Crippen molar-refractivity contribution in [2.24, 2.45) is 0 Å². The molecule has 0 saturated carbocycles. The van der Waals surface area contributed by atoms with Gasteiger partial charge in [-0.15, -0.1) is 0 Å². The van der Waals surface area contributed by atoms with Gasteiger partial charge in [0.05, 0.1) is 0 Å². The average Bonchev–Trinajstić information content (AvgIpc) is 2.12. The van der Waals surface area contributed by atoms with E-state index in [-0.39, 0.29) is 12.8 Å². The fourth-order valence-electron chi connectivity index (χ4n) is 1.31. The van der Waals surface area contributed by atoms with E-state index in [9.17, 15) is 18.0 Å². The molecule has 6 heteroatoms. The molecule has 0 amide bonds. The third kappa shape index (κ3) is 5.95. The fraction of sp³-hybridized carbons (Fsp3) is 0.900. The number of rotatable bonds is 7. The lowest BCUT2D eigenvalue weighted by Crippen LogP contribution is -2.49. The summed E-state index contributed by atoms with van der Waals surface area (Å²) in [6, 6.07) is 0. The Bertz CT molecular complexity index is 231. The highest BCUT2D eigenvalue weighted by Gasteiger charge is 2.34. The van der Waals surface area contributed by atoms with Crippen LogP contribution in [0, 0.1) is 0 Å². The summed E-state index contributed by atoms with van der Waals surface area (Å²) in [5, 5.41) is 11.7. The number of nitrogens with one attached hydrogen (secondary N) is 1. The van der Waals surface area contributed by atoms with E-state index < -0.39 is 24.1 Å². The highest BCUT2D eigenvalue weighted by Crippen LogP contribution is 2.25. The van der Waals surface area contributed by atoms with Gasteiger partial charge in [-0.1, -0.05) is 6.92 Å². The van der Waals surface area contributed by atoms with Gasteiger partial charge in [-0.2, -0.15) is 13.2 Å². The van der Waals surface area contributed by atoms with Gasteiger partial charge >= 0.3 is 12.1 Å². The summed E-state index contributed by atoms with van der Waals surface area (Å²) >= 11 is 0. The van der Waals surface area contributed by atoms with Gasteiger partial charge in [-0.25, -0.2) is 0 Å². The van der Waals surface area contributed by atoms with Crippen molar-refractivity contribution in [2.75, 3.05) is 6.54 Å². The first kappa shape index (κ1) is 15.2.